The standard InChI is InChI=1S/C13H18ClNO2S/c1-13(2,3)17-12(16)8-18-7-9-6-10(15)4-5-11(9)14/h4-6H,7-8,15H2,1-3H3. The average molecular weight is 288 g/mol. The Kier molecular flexibility index (Phi) is 5.35. The number of halogens is 1. The van der Waals surface area contributed by atoms with E-state index in [1.165, 1.54) is 11.8 Å². The third-order valence-electron chi connectivity index (χ3n) is 1.97. The lowest BCUT2D eigenvalue weighted by Crippen LogP contribution is -2.24. The molecule has 0 saturated heterocycles. The second-order valence-corrected chi connectivity index (χ2v) is 6.32. The van der Waals surface area contributed by atoms with E-state index in [-0.39, 0.29) is 5.97 Å². The third kappa shape index (κ3) is 5.65. The van der Waals surface area contributed by atoms with Gasteiger partial charge in [-0.1, -0.05) is 11.6 Å². The van der Waals surface area contributed by atoms with E-state index < -0.39 is 5.60 Å². The first-order valence-electron chi connectivity index (χ1n) is 5.61. The summed E-state index contributed by atoms with van der Waals surface area (Å²) in [4.78, 5) is 11.5. The van der Waals surface area contributed by atoms with Crippen LogP contribution in [0, 0.1) is 0 Å². The van der Waals surface area contributed by atoms with Gasteiger partial charge in [-0.2, -0.15) is 0 Å². The molecule has 0 heterocycles. The van der Waals surface area contributed by atoms with Crippen LogP contribution in [0.3, 0.4) is 0 Å². The Morgan fingerprint density at radius 1 is 1.44 bits per heavy atom. The van der Waals surface area contributed by atoms with Crippen LogP contribution < -0.4 is 5.73 Å². The Hall–Kier alpha value is -0.870. The van der Waals surface area contributed by atoms with Gasteiger partial charge in [0.15, 0.2) is 0 Å². The highest BCUT2D eigenvalue weighted by Crippen LogP contribution is 2.23. The molecule has 0 aliphatic heterocycles. The normalized spacial score (nSPS) is 11.3. The van der Waals surface area contributed by atoms with Gasteiger partial charge in [-0.15, -0.1) is 11.8 Å². The van der Waals surface area contributed by atoms with Crippen LogP contribution in [0.4, 0.5) is 5.69 Å². The number of carbonyl (C=O) groups excluding carboxylic acids is 1. The number of esters is 1. The van der Waals surface area contributed by atoms with Gasteiger partial charge in [0, 0.05) is 16.5 Å². The van der Waals surface area contributed by atoms with Crippen LogP contribution in [0.15, 0.2) is 18.2 Å². The molecule has 1 aromatic rings. The third-order valence-corrected chi connectivity index (χ3v) is 3.29. The van der Waals surface area contributed by atoms with Crippen molar-refractivity contribution in [3.05, 3.63) is 28.8 Å². The molecular weight excluding hydrogens is 270 g/mol. The van der Waals surface area contributed by atoms with Crippen molar-refractivity contribution in [2.45, 2.75) is 32.1 Å². The molecule has 2 N–H and O–H groups in total. The Bertz CT molecular complexity index is 429. The van der Waals surface area contributed by atoms with Gasteiger partial charge in [-0.3, -0.25) is 4.79 Å². The molecule has 5 heteroatoms. The van der Waals surface area contributed by atoms with Crippen LogP contribution in [0.5, 0.6) is 0 Å². The number of nitrogen functional groups attached to an aromatic ring is 1. The minimum absolute atomic E-state index is 0.215. The summed E-state index contributed by atoms with van der Waals surface area (Å²) in [7, 11) is 0. The maximum atomic E-state index is 11.5. The smallest absolute Gasteiger partial charge is 0.316 e. The molecular formula is C13H18ClNO2S. The first-order valence-corrected chi connectivity index (χ1v) is 7.15. The lowest BCUT2D eigenvalue weighted by molar-refractivity contribution is -0.151. The SMILES string of the molecule is CC(C)(C)OC(=O)CSCc1cc(N)ccc1Cl. The summed E-state index contributed by atoms with van der Waals surface area (Å²) >= 11 is 7.50. The second-order valence-electron chi connectivity index (χ2n) is 4.93. The van der Waals surface area contributed by atoms with Crippen molar-refractivity contribution in [3.8, 4) is 0 Å². The van der Waals surface area contributed by atoms with E-state index in [1.54, 1.807) is 12.1 Å². The predicted octanol–water partition coefficient (Wildman–Crippen LogP) is 3.50. The Balaban J connectivity index is 2.42. The first-order chi connectivity index (χ1) is 8.28. The molecule has 1 aromatic carbocycles. The van der Waals surface area contributed by atoms with E-state index in [2.05, 4.69) is 0 Å². The fourth-order valence-corrected chi connectivity index (χ4v) is 2.37. The molecule has 0 atom stereocenters. The molecule has 0 saturated carbocycles. The van der Waals surface area contributed by atoms with Crippen molar-refractivity contribution in [2.24, 2.45) is 0 Å². The summed E-state index contributed by atoms with van der Waals surface area (Å²) in [5.74, 6) is 0.735. The molecule has 0 aliphatic rings. The quantitative estimate of drug-likeness (QED) is 0.680. The van der Waals surface area contributed by atoms with E-state index in [4.69, 9.17) is 22.1 Å². The van der Waals surface area contributed by atoms with Gasteiger partial charge < -0.3 is 10.5 Å². The monoisotopic (exact) mass is 287 g/mol. The van der Waals surface area contributed by atoms with Crippen molar-refractivity contribution in [3.63, 3.8) is 0 Å². The van der Waals surface area contributed by atoms with Crippen LogP contribution in [-0.2, 0) is 15.3 Å². The molecule has 1 rings (SSSR count). The maximum Gasteiger partial charge on any atom is 0.316 e. The van der Waals surface area contributed by atoms with Crippen molar-refractivity contribution < 1.29 is 9.53 Å². The largest absolute Gasteiger partial charge is 0.459 e. The van der Waals surface area contributed by atoms with Gasteiger partial charge in [0.05, 0.1) is 5.75 Å². The summed E-state index contributed by atoms with van der Waals surface area (Å²) in [6, 6.07) is 5.34. The Morgan fingerprint density at radius 2 is 2.11 bits per heavy atom. The highest BCUT2D eigenvalue weighted by atomic mass is 35.5. The fourth-order valence-electron chi connectivity index (χ4n) is 1.32. The summed E-state index contributed by atoms with van der Waals surface area (Å²) in [6.45, 7) is 5.55. The number of nitrogens with two attached hydrogens (primary N) is 1. The van der Waals surface area contributed by atoms with Crippen molar-refractivity contribution in [1.82, 2.24) is 0 Å². The molecule has 0 unspecified atom stereocenters. The highest BCUT2D eigenvalue weighted by molar-refractivity contribution is 7.99. The summed E-state index contributed by atoms with van der Waals surface area (Å²) in [5.41, 5.74) is 6.85. The predicted molar refractivity (Wildman–Crippen MR) is 77.9 cm³/mol. The fraction of sp³-hybridized carbons (Fsp3) is 0.462. The van der Waals surface area contributed by atoms with Gasteiger partial charge in [0.1, 0.15) is 5.60 Å². The van der Waals surface area contributed by atoms with E-state index in [0.29, 0.717) is 22.2 Å². The number of benzene rings is 1. The van der Waals surface area contributed by atoms with Crippen molar-refractivity contribution >= 4 is 35.0 Å². The number of ether oxygens (including phenoxy) is 1. The lowest BCUT2D eigenvalue weighted by atomic mass is 10.2. The molecule has 18 heavy (non-hydrogen) atoms. The molecule has 100 valence electrons. The average Bonchev–Trinajstić information content (AvgIpc) is 2.20. The van der Waals surface area contributed by atoms with Gasteiger partial charge in [0.2, 0.25) is 0 Å². The summed E-state index contributed by atoms with van der Waals surface area (Å²) in [6.07, 6.45) is 0. The van der Waals surface area contributed by atoms with Crippen LogP contribution in [-0.4, -0.2) is 17.3 Å². The maximum absolute atomic E-state index is 11.5. The Labute approximate surface area is 117 Å². The number of rotatable bonds is 4. The Morgan fingerprint density at radius 3 is 2.72 bits per heavy atom. The minimum atomic E-state index is -0.438. The topological polar surface area (TPSA) is 52.3 Å². The molecule has 0 aromatic heterocycles. The summed E-state index contributed by atoms with van der Waals surface area (Å²) < 4.78 is 5.21. The molecule has 3 nitrogen and oxygen atoms in total. The van der Waals surface area contributed by atoms with E-state index >= 15 is 0 Å². The van der Waals surface area contributed by atoms with Crippen LogP contribution in [0.1, 0.15) is 26.3 Å². The molecule has 0 spiro atoms. The molecule has 0 radical (unpaired) electrons. The van der Waals surface area contributed by atoms with Gasteiger partial charge in [-0.25, -0.2) is 0 Å². The van der Waals surface area contributed by atoms with Crippen LogP contribution >= 0.6 is 23.4 Å². The van der Waals surface area contributed by atoms with E-state index in [9.17, 15) is 4.79 Å². The number of carbonyl (C=O) groups is 1. The van der Waals surface area contributed by atoms with E-state index in [0.717, 1.165) is 5.56 Å². The lowest BCUT2D eigenvalue weighted by Gasteiger charge is -2.19. The zero-order valence-electron chi connectivity index (χ0n) is 10.8. The number of hydrogen-bond acceptors (Lipinski definition) is 4. The minimum Gasteiger partial charge on any atom is -0.459 e. The molecule has 0 amide bonds. The van der Waals surface area contributed by atoms with Crippen molar-refractivity contribution in [2.75, 3.05) is 11.5 Å². The van der Waals surface area contributed by atoms with Gasteiger partial charge >= 0.3 is 5.97 Å². The second kappa shape index (κ2) is 6.34. The summed E-state index contributed by atoms with van der Waals surface area (Å²) in [5, 5.41) is 0.667. The van der Waals surface area contributed by atoms with Gasteiger partial charge in [-0.05, 0) is 44.5 Å². The van der Waals surface area contributed by atoms with Crippen LogP contribution in [0.2, 0.25) is 5.02 Å². The highest BCUT2D eigenvalue weighted by Gasteiger charge is 2.16. The van der Waals surface area contributed by atoms with Crippen LogP contribution in [0.25, 0.3) is 0 Å². The zero-order chi connectivity index (χ0) is 13.8. The van der Waals surface area contributed by atoms with Crippen molar-refractivity contribution in [1.29, 1.82) is 0 Å². The molecule has 0 bridgehead atoms. The number of thioether (sulfide) groups is 1. The molecule has 0 aliphatic carbocycles. The van der Waals surface area contributed by atoms with E-state index in [1.807, 2.05) is 26.8 Å². The molecule has 0 fully saturated rings. The van der Waals surface area contributed by atoms with Gasteiger partial charge in [0.25, 0.3) is 0 Å². The first kappa shape index (κ1) is 15.2. The zero-order valence-corrected chi connectivity index (χ0v) is 12.4. The number of anilines is 1. The number of hydrogen-bond donors (Lipinski definition) is 1.